The van der Waals surface area contributed by atoms with Crippen LogP contribution in [-0.2, 0) is 4.79 Å². The molecule has 1 rings (SSSR count). The number of carboxylic acid groups (broad SMARTS) is 1. The second kappa shape index (κ2) is 3.51. The summed E-state index contributed by atoms with van der Waals surface area (Å²) in [6.07, 6.45) is -5.48. The zero-order valence-corrected chi connectivity index (χ0v) is 7.14. The fourth-order valence-electron chi connectivity index (χ4n) is 1.43. The molecule has 0 fully saturated rings. The van der Waals surface area contributed by atoms with Crippen molar-refractivity contribution in [2.24, 2.45) is 5.92 Å². The Labute approximate surface area is 77.8 Å². The van der Waals surface area contributed by atoms with Crippen LogP contribution in [0.4, 0.5) is 13.2 Å². The molecule has 0 saturated heterocycles. The van der Waals surface area contributed by atoms with Gasteiger partial charge in [0.2, 0.25) is 0 Å². The van der Waals surface area contributed by atoms with Crippen molar-refractivity contribution in [3.05, 3.63) is 11.3 Å². The number of carboxylic acids is 1. The topological polar surface area (TPSA) is 57.5 Å². The lowest BCUT2D eigenvalue weighted by Gasteiger charge is -2.24. The van der Waals surface area contributed by atoms with Crippen LogP contribution in [0.1, 0.15) is 19.3 Å². The average Bonchev–Trinajstić information content (AvgIpc) is 2.01. The highest BCUT2D eigenvalue weighted by Gasteiger charge is 2.42. The standard InChI is InChI=1S/C8H9F3O3/c9-8(10,11)4-1-2-5(7(13)14)6(12)3-4/h4,12H,1-3H2,(H,13,14). The van der Waals surface area contributed by atoms with E-state index in [0.29, 0.717) is 0 Å². The van der Waals surface area contributed by atoms with Gasteiger partial charge in [-0.1, -0.05) is 0 Å². The van der Waals surface area contributed by atoms with Gasteiger partial charge in [0.1, 0.15) is 5.76 Å². The first-order valence-corrected chi connectivity index (χ1v) is 4.03. The van der Waals surface area contributed by atoms with Crippen molar-refractivity contribution in [2.45, 2.75) is 25.4 Å². The van der Waals surface area contributed by atoms with Gasteiger partial charge in [-0.2, -0.15) is 13.2 Å². The third-order valence-corrected chi connectivity index (χ3v) is 2.25. The molecule has 1 unspecified atom stereocenters. The number of rotatable bonds is 1. The lowest BCUT2D eigenvalue weighted by Crippen LogP contribution is -2.27. The maximum Gasteiger partial charge on any atom is 0.392 e. The minimum absolute atomic E-state index is 0.231. The Morgan fingerprint density at radius 3 is 2.36 bits per heavy atom. The first-order valence-electron chi connectivity index (χ1n) is 4.03. The van der Waals surface area contributed by atoms with Crippen LogP contribution in [0.3, 0.4) is 0 Å². The Morgan fingerprint density at radius 2 is 2.00 bits per heavy atom. The number of halogens is 3. The molecule has 0 bridgehead atoms. The molecule has 0 aromatic heterocycles. The number of aliphatic carboxylic acids is 1. The van der Waals surface area contributed by atoms with Gasteiger partial charge in [0.05, 0.1) is 11.5 Å². The molecule has 1 aliphatic rings. The van der Waals surface area contributed by atoms with E-state index >= 15 is 0 Å². The van der Waals surface area contributed by atoms with Crippen molar-refractivity contribution in [1.82, 2.24) is 0 Å². The van der Waals surface area contributed by atoms with E-state index in [1.807, 2.05) is 0 Å². The highest BCUT2D eigenvalue weighted by Crippen LogP contribution is 2.39. The van der Waals surface area contributed by atoms with Crippen LogP contribution >= 0.6 is 0 Å². The summed E-state index contributed by atoms with van der Waals surface area (Å²) in [5, 5.41) is 17.6. The summed E-state index contributed by atoms with van der Waals surface area (Å²) in [4.78, 5) is 10.4. The molecule has 3 nitrogen and oxygen atoms in total. The second-order valence-electron chi connectivity index (χ2n) is 3.21. The first-order chi connectivity index (χ1) is 6.32. The van der Waals surface area contributed by atoms with E-state index in [1.165, 1.54) is 0 Å². The SMILES string of the molecule is O=C(O)C1=C(O)CC(C(F)(F)F)CC1. The van der Waals surface area contributed by atoms with Crippen LogP contribution in [0.15, 0.2) is 11.3 Å². The van der Waals surface area contributed by atoms with Crippen LogP contribution in [0.5, 0.6) is 0 Å². The molecule has 0 aliphatic heterocycles. The monoisotopic (exact) mass is 210 g/mol. The molecule has 0 amide bonds. The molecule has 0 aromatic rings. The molecule has 2 N–H and O–H groups in total. The van der Waals surface area contributed by atoms with Gasteiger partial charge >= 0.3 is 12.1 Å². The predicted octanol–water partition coefficient (Wildman–Crippen LogP) is 2.25. The van der Waals surface area contributed by atoms with E-state index in [0.717, 1.165) is 0 Å². The van der Waals surface area contributed by atoms with Gasteiger partial charge in [-0.05, 0) is 12.8 Å². The molecule has 0 heterocycles. The molecule has 6 heteroatoms. The van der Waals surface area contributed by atoms with Crippen molar-refractivity contribution in [2.75, 3.05) is 0 Å². The van der Waals surface area contributed by atoms with Gasteiger partial charge in [-0.15, -0.1) is 0 Å². The summed E-state index contributed by atoms with van der Waals surface area (Å²) >= 11 is 0. The van der Waals surface area contributed by atoms with Crippen molar-refractivity contribution < 1.29 is 28.2 Å². The summed E-state index contributed by atoms with van der Waals surface area (Å²) in [6.45, 7) is 0. The molecule has 1 atom stereocenters. The fraction of sp³-hybridized carbons (Fsp3) is 0.625. The molecule has 0 aromatic carbocycles. The largest absolute Gasteiger partial charge is 0.512 e. The van der Waals surface area contributed by atoms with E-state index in [9.17, 15) is 18.0 Å². The molecule has 0 saturated carbocycles. The summed E-state index contributed by atoms with van der Waals surface area (Å²) in [7, 11) is 0. The van der Waals surface area contributed by atoms with Crippen molar-refractivity contribution in [1.29, 1.82) is 0 Å². The van der Waals surface area contributed by atoms with Crippen molar-refractivity contribution in [3.8, 4) is 0 Å². The Morgan fingerprint density at radius 1 is 1.43 bits per heavy atom. The van der Waals surface area contributed by atoms with E-state index in [-0.39, 0.29) is 18.4 Å². The summed E-state index contributed by atoms with van der Waals surface area (Å²) in [6, 6.07) is 0. The lowest BCUT2D eigenvalue weighted by atomic mass is 9.88. The fourth-order valence-corrected chi connectivity index (χ4v) is 1.43. The second-order valence-corrected chi connectivity index (χ2v) is 3.21. The van der Waals surface area contributed by atoms with Gasteiger partial charge in [0.15, 0.2) is 0 Å². The maximum absolute atomic E-state index is 12.2. The third-order valence-electron chi connectivity index (χ3n) is 2.25. The molecular weight excluding hydrogens is 201 g/mol. The smallest absolute Gasteiger partial charge is 0.392 e. The van der Waals surface area contributed by atoms with Crippen molar-refractivity contribution >= 4 is 5.97 Å². The highest BCUT2D eigenvalue weighted by atomic mass is 19.4. The van der Waals surface area contributed by atoms with Gasteiger partial charge in [-0.3, -0.25) is 0 Å². The number of alkyl halides is 3. The van der Waals surface area contributed by atoms with E-state index in [1.54, 1.807) is 0 Å². The predicted molar refractivity (Wildman–Crippen MR) is 40.7 cm³/mol. The Balaban J connectivity index is 2.79. The number of carbonyl (C=O) groups is 1. The number of allylic oxidation sites excluding steroid dienone is 1. The Hall–Kier alpha value is -1.20. The van der Waals surface area contributed by atoms with Gasteiger partial charge in [0.25, 0.3) is 0 Å². The van der Waals surface area contributed by atoms with Crippen LogP contribution in [0, 0.1) is 5.92 Å². The zero-order chi connectivity index (χ0) is 10.9. The van der Waals surface area contributed by atoms with E-state index in [2.05, 4.69) is 0 Å². The van der Waals surface area contributed by atoms with E-state index < -0.39 is 30.2 Å². The average molecular weight is 210 g/mol. The minimum Gasteiger partial charge on any atom is -0.512 e. The third kappa shape index (κ3) is 2.18. The summed E-state index contributed by atoms with van der Waals surface area (Å²) in [5.74, 6) is -3.61. The Kier molecular flexibility index (Phi) is 2.73. The van der Waals surface area contributed by atoms with Crippen LogP contribution in [-0.4, -0.2) is 22.4 Å². The minimum atomic E-state index is -4.36. The van der Waals surface area contributed by atoms with Crippen molar-refractivity contribution in [3.63, 3.8) is 0 Å². The lowest BCUT2D eigenvalue weighted by molar-refractivity contribution is -0.179. The quantitative estimate of drug-likeness (QED) is 0.697. The molecule has 14 heavy (non-hydrogen) atoms. The van der Waals surface area contributed by atoms with Crippen LogP contribution < -0.4 is 0 Å². The molecule has 0 radical (unpaired) electrons. The molecule has 1 aliphatic carbocycles. The van der Waals surface area contributed by atoms with Gasteiger partial charge in [0, 0.05) is 6.42 Å². The van der Waals surface area contributed by atoms with E-state index in [4.69, 9.17) is 10.2 Å². The Bertz CT molecular complexity index is 280. The normalized spacial score (nSPS) is 23.8. The molecular formula is C8H9F3O3. The van der Waals surface area contributed by atoms with Gasteiger partial charge in [-0.25, -0.2) is 4.79 Å². The number of hydrogen-bond acceptors (Lipinski definition) is 2. The number of hydrogen-bond donors (Lipinski definition) is 2. The maximum atomic E-state index is 12.2. The highest BCUT2D eigenvalue weighted by molar-refractivity contribution is 5.87. The first kappa shape index (κ1) is 10.9. The molecule has 80 valence electrons. The number of aliphatic hydroxyl groups is 1. The summed E-state index contributed by atoms with van der Waals surface area (Å²) < 4.78 is 36.5. The van der Waals surface area contributed by atoms with Crippen LogP contribution in [0.2, 0.25) is 0 Å². The number of aliphatic hydroxyl groups excluding tert-OH is 1. The van der Waals surface area contributed by atoms with Crippen LogP contribution in [0.25, 0.3) is 0 Å². The zero-order valence-electron chi connectivity index (χ0n) is 7.14. The van der Waals surface area contributed by atoms with Gasteiger partial charge < -0.3 is 10.2 Å². The summed E-state index contributed by atoms with van der Waals surface area (Å²) in [5.41, 5.74) is -0.300. The molecule has 0 spiro atoms.